The summed E-state index contributed by atoms with van der Waals surface area (Å²) in [6.45, 7) is 5.17. The van der Waals surface area contributed by atoms with Crippen molar-refractivity contribution >= 4 is 17.5 Å². The van der Waals surface area contributed by atoms with Gasteiger partial charge >= 0.3 is 0 Å². The highest BCUT2D eigenvalue weighted by Gasteiger charge is 2.24. The van der Waals surface area contributed by atoms with E-state index in [4.69, 9.17) is 4.74 Å². The van der Waals surface area contributed by atoms with E-state index in [1.54, 1.807) is 25.1 Å². The molecule has 2 amide bonds. The summed E-state index contributed by atoms with van der Waals surface area (Å²) in [5, 5.41) is 12.1. The maximum atomic E-state index is 12.6. The number of carbonyl (C=O) groups is 2. The Balaban J connectivity index is 1.64. The number of hydrogen-bond donors (Lipinski definition) is 2. The summed E-state index contributed by atoms with van der Waals surface area (Å²) in [7, 11) is 0. The molecule has 1 unspecified atom stereocenters. The Morgan fingerprint density at radius 3 is 2.78 bits per heavy atom. The van der Waals surface area contributed by atoms with Crippen molar-refractivity contribution in [3.8, 4) is 5.75 Å². The molecule has 1 aromatic rings. The second-order valence-electron chi connectivity index (χ2n) is 5.99. The van der Waals surface area contributed by atoms with Crippen LogP contribution in [0.1, 0.15) is 17.3 Å². The number of piperazine rings is 1. The number of carbonyl (C=O) groups excluding carboxylic acids is 2. The number of nitrogens with zero attached hydrogens (tertiary/aromatic N) is 2. The molecule has 1 aromatic carbocycles. The number of amides is 2. The molecule has 0 aromatic heterocycles. The molecule has 23 heavy (non-hydrogen) atoms. The number of aliphatic hydroxyl groups excluding tert-OH is 1. The van der Waals surface area contributed by atoms with Crippen LogP contribution in [0.15, 0.2) is 18.2 Å². The Kier molecular flexibility index (Phi) is 4.49. The zero-order valence-electron chi connectivity index (χ0n) is 13.1. The molecular formula is C16H21N3O4. The Labute approximate surface area is 134 Å². The Bertz CT molecular complexity index is 609. The summed E-state index contributed by atoms with van der Waals surface area (Å²) in [4.78, 5) is 27.8. The lowest BCUT2D eigenvalue weighted by Crippen LogP contribution is -2.50. The number of rotatable bonds is 3. The van der Waals surface area contributed by atoms with Crippen LogP contribution in [0.5, 0.6) is 5.75 Å². The van der Waals surface area contributed by atoms with E-state index in [0.29, 0.717) is 36.6 Å². The monoisotopic (exact) mass is 319 g/mol. The van der Waals surface area contributed by atoms with E-state index >= 15 is 0 Å². The second-order valence-corrected chi connectivity index (χ2v) is 5.99. The van der Waals surface area contributed by atoms with Gasteiger partial charge in [-0.15, -0.1) is 0 Å². The molecule has 0 bridgehead atoms. The molecule has 3 rings (SSSR count). The van der Waals surface area contributed by atoms with Crippen LogP contribution in [0.2, 0.25) is 0 Å². The minimum absolute atomic E-state index is 0.0251. The van der Waals surface area contributed by atoms with Gasteiger partial charge in [-0.3, -0.25) is 14.5 Å². The van der Waals surface area contributed by atoms with Crippen LogP contribution in [-0.4, -0.2) is 72.2 Å². The van der Waals surface area contributed by atoms with Crippen molar-refractivity contribution in [3.63, 3.8) is 0 Å². The van der Waals surface area contributed by atoms with Crippen LogP contribution in [-0.2, 0) is 4.79 Å². The Morgan fingerprint density at radius 2 is 2.09 bits per heavy atom. The maximum Gasteiger partial charge on any atom is 0.262 e. The van der Waals surface area contributed by atoms with E-state index in [9.17, 15) is 14.7 Å². The second kappa shape index (κ2) is 6.55. The minimum Gasteiger partial charge on any atom is -0.482 e. The van der Waals surface area contributed by atoms with Gasteiger partial charge in [0.15, 0.2) is 6.61 Å². The molecular weight excluding hydrogens is 298 g/mol. The van der Waals surface area contributed by atoms with E-state index < -0.39 is 0 Å². The molecule has 7 nitrogen and oxygen atoms in total. The molecule has 1 atom stereocenters. The predicted molar refractivity (Wildman–Crippen MR) is 84.6 cm³/mol. The first kappa shape index (κ1) is 15.8. The largest absolute Gasteiger partial charge is 0.482 e. The summed E-state index contributed by atoms with van der Waals surface area (Å²) in [5.74, 6) is 0.305. The van der Waals surface area contributed by atoms with Crippen molar-refractivity contribution in [2.75, 3.05) is 44.6 Å². The summed E-state index contributed by atoms with van der Waals surface area (Å²) in [5.41, 5.74) is 1.16. The lowest BCUT2D eigenvalue weighted by molar-refractivity contribution is -0.118. The van der Waals surface area contributed by atoms with Gasteiger partial charge in [-0.1, -0.05) is 0 Å². The highest BCUT2D eigenvalue weighted by molar-refractivity contribution is 5.99. The number of fused-ring (bicyclic) bond motifs is 1. The van der Waals surface area contributed by atoms with E-state index in [1.807, 2.05) is 4.90 Å². The standard InChI is InChI=1S/C16H21N3O4/c1-11(20)9-18-4-6-19(7-5-18)16(22)12-2-3-13-14(8-12)23-10-15(21)17-13/h2-3,8,11,20H,4-7,9-10H2,1H3,(H,17,21). The molecule has 1 saturated heterocycles. The van der Waals surface area contributed by atoms with Crippen molar-refractivity contribution in [1.82, 2.24) is 9.80 Å². The van der Waals surface area contributed by atoms with Gasteiger partial charge in [0.2, 0.25) is 0 Å². The molecule has 0 radical (unpaired) electrons. The molecule has 2 N–H and O–H groups in total. The third-order valence-electron chi connectivity index (χ3n) is 4.04. The first-order valence-corrected chi connectivity index (χ1v) is 7.79. The Morgan fingerprint density at radius 1 is 1.35 bits per heavy atom. The van der Waals surface area contributed by atoms with Crippen LogP contribution < -0.4 is 10.1 Å². The van der Waals surface area contributed by atoms with Gasteiger partial charge in [0.1, 0.15) is 5.75 Å². The van der Waals surface area contributed by atoms with E-state index in [1.165, 1.54) is 0 Å². The predicted octanol–water partition coefficient (Wildman–Crippen LogP) is 0.156. The van der Waals surface area contributed by atoms with Crippen LogP contribution >= 0.6 is 0 Å². The van der Waals surface area contributed by atoms with Crippen LogP contribution in [0, 0.1) is 0 Å². The number of hydrogen-bond acceptors (Lipinski definition) is 5. The van der Waals surface area contributed by atoms with Gasteiger partial charge in [-0.05, 0) is 25.1 Å². The fraction of sp³-hybridized carbons (Fsp3) is 0.500. The molecule has 0 aliphatic carbocycles. The first-order chi connectivity index (χ1) is 11.0. The van der Waals surface area contributed by atoms with E-state index in [-0.39, 0.29) is 24.5 Å². The van der Waals surface area contributed by atoms with Gasteiger partial charge in [0.05, 0.1) is 11.8 Å². The fourth-order valence-corrected chi connectivity index (χ4v) is 2.90. The van der Waals surface area contributed by atoms with Crippen molar-refractivity contribution in [3.05, 3.63) is 23.8 Å². The van der Waals surface area contributed by atoms with Crippen molar-refractivity contribution in [2.24, 2.45) is 0 Å². The number of β-amino-alcohol motifs (C(OH)–C–C–N with tert-alkyl or cyclic N) is 1. The maximum absolute atomic E-state index is 12.6. The average Bonchev–Trinajstić information content (AvgIpc) is 2.54. The fourth-order valence-electron chi connectivity index (χ4n) is 2.90. The van der Waals surface area contributed by atoms with Gasteiger partial charge in [-0.2, -0.15) is 0 Å². The zero-order chi connectivity index (χ0) is 16.4. The molecule has 2 aliphatic rings. The molecule has 0 spiro atoms. The first-order valence-electron chi connectivity index (χ1n) is 7.79. The molecule has 7 heteroatoms. The van der Waals surface area contributed by atoms with Crippen molar-refractivity contribution in [2.45, 2.75) is 13.0 Å². The number of aliphatic hydroxyl groups is 1. The van der Waals surface area contributed by atoms with Gasteiger partial charge in [0.25, 0.3) is 11.8 Å². The average molecular weight is 319 g/mol. The SMILES string of the molecule is CC(O)CN1CCN(C(=O)c2ccc3c(c2)OCC(=O)N3)CC1. The van der Waals surface area contributed by atoms with Crippen LogP contribution in [0.3, 0.4) is 0 Å². The smallest absolute Gasteiger partial charge is 0.262 e. The summed E-state index contributed by atoms with van der Waals surface area (Å²) >= 11 is 0. The molecule has 2 heterocycles. The number of ether oxygens (including phenoxy) is 1. The van der Waals surface area contributed by atoms with E-state index in [2.05, 4.69) is 10.2 Å². The van der Waals surface area contributed by atoms with Crippen molar-refractivity contribution in [1.29, 1.82) is 0 Å². The normalized spacial score (nSPS) is 19.6. The molecule has 0 saturated carbocycles. The van der Waals surface area contributed by atoms with Gasteiger partial charge in [-0.25, -0.2) is 0 Å². The number of anilines is 1. The topological polar surface area (TPSA) is 82.1 Å². The zero-order valence-corrected chi connectivity index (χ0v) is 13.1. The highest BCUT2D eigenvalue weighted by atomic mass is 16.5. The summed E-state index contributed by atoms with van der Waals surface area (Å²) in [6, 6.07) is 5.08. The van der Waals surface area contributed by atoms with Crippen molar-refractivity contribution < 1.29 is 19.4 Å². The van der Waals surface area contributed by atoms with Gasteiger partial charge < -0.3 is 20.1 Å². The Hall–Kier alpha value is -2.12. The summed E-state index contributed by atoms with van der Waals surface area (Å²) in [6.07, 6.45) is -0.356. The lowest BCUT2D eigenvalue weighted by atomic mass is 10.1. The van der Waals surface area contributed by atoms with Crippen LogP contribution in [0.25, 0.3) is 0 Å². The number of nitrogens with one attached hydrogen (secondary N) is 1. The van der Waals surface area contributed by atoms with Gasteiger partial charge in [0, 0.05) is 38.3 Å². The minimum atomic E-state index is -0.356. The third-order valence-corrected chi connectivity index (χ3v) is 4.04. The van der Waals surface area contributed by atoms with Crippen LogP contribution in [0.4, 0.5) is 5.69 Å². The van der Waals surface area contributed by atoms with E-state index in [0.717, 1.165) is 13.1 Å². The third kappa shape index (κ3) is 3.62. The quantitative estimate of drug-likeness (QED) is 0.829. The lowest BCUT2D eigenvalue weighted by Gasteiger charge is -2.35. The number of benzene rings is 1. The molecule has 1 fully saturated rings. The highest BCUT2D eigenvalue weighted by Crippen LogP contribution is 2.29. The summed E-state index contributed by atoms with van der Waals surface area (Å²) < 4.78 is 5.36. The molecule has 124 valence electrons. The molecule has 2 aliphatic heterocycles.